The third kappa shape index (κ3) is 5.48. The van der Waals surface area contributed by atoms with Gasteiger partial charge in [0.15, 0.2) is 11.5 Å². The Balaban J connectivity index is 1.81. The molecule has 0 aromatic heterocycles. The standard InChI is InChI=1S/C23H20IN3O3/c1-2-29-21-13-16(14-26-27-22(28)10-11-25)12-20(24)23(21)30-15-18-8-5-7-17-6-3-4-9-19(17)18/h3-9,12-14H,2,10,15H2,1H3,(H,27,28)/b26-14+. The Hall–Kier alpha value is -3.12. The Bertz CT molecular complexity index is 1120. The van der Waals surface area contributed by atoms with Crippen LogP contribution in [-0.4, -0.2) is 18.7 Å². The number of hydrogen-bond donors (Lipinski definition) is 1. The molecule has 0 unspecified atom stereocenters. The number of nitrogens with one attached hydrogen (secondary N) is 1. The quantitative estimate of drug-likeness (QED) is 0.267. The molecule has 1 N–H and O–H groups in total. The molecule has 0 bridgehead atoms. The average molecular weight is 513 g/mol. The minimum absolute atomic E-state index is 0.236. The van der Waals surface area contributed by atoms with Crippen LogP contribution in [0.5, 0.6) is 11.5 Å². The Labute approximate surface area is 188 Å². The number of hydrogen-bond acceptors (Lipinski definition) is 5. The molecule has 7 heteroatoms. The summed E-state index contributed by atoms with van der Waals surface area (Å²) in [6.07, 6.45) is 1.27. The molecule has 3 aromatic rings. The molecule has 152 valence electrons. The van der Waals surface area contributed by atoms with Gasteiger partial charge in [-0.2, -0.15) is 10.4 Å². The van der Waals surface area contributed by atoms with Crippen molar-refractivity contribution in [2.45, 2.75) is 20.0 Å². The van der Waals surface area contributed by atoms with E-state index in [0.29, 0.717) is 24.7 Å². The average Bonchev–Trinajstić information content (AvgIpc) is 2.73. The number of hydrazone groups is 1. The third-order valence-corrected chi connectivity index (χ3v) is 5.03. The lowest BCUT2D eigenvalue weighted by Gasteiger charge is -2.15. The summed E-state index contributed by atoms with van der Waals surface area (Å²) in [6.45, 7) is 2.81. The van der Waals surface area contributed by atoms with Gasteiger partial charge in [0, 0.05) is 0 Å². The van der Waals surface area contributed by atoms with Gasteiger partial charge in [-0.05, 0) is 63.5 Å². The number of nitrogens with zero attached hydrogens (tertiary/aromatic N) is 2. The highest BCUT2D eigenvalue weighted by Crippen LogP contribution is 2.35. The van der Waals surface area contributed by atoms with Crippen LogP contribution in [0.15, 0.2) is 59.7 Å². The zero-order chi connectivity index (χ0) is 21.3. The lowest BCUT2D eigenvalue weighted by Crippen LogP contribution is -2.16. The van der Waals surface area contributed by atoms with E-state index in [1.54, 1.807) is 6.07 Å². The van der Waals surface area contributed by atoms with Crippen molar-refractivity contribution in [3.8, 4) is 17.6 Å². The van der Waals surface area contributed by atoms with Gasteiger partial charge < -0.3 is 9.47 Å². The van der Waals surface area contributed by atoms with E-state index in [1.807, 2.05) is 37.3 Å². The first-order valence-corrected chi connectivity index (χ1v) is 10.4. The van der Waals surface area contributed by atoms with E-state index in [0.717, 1.165) is 20.1 Å². The van der Waals surface area contributed by atoms with Crippen molar-refractivity contribution < 1.29 is 14.3 Å². The van der Waals surface area contributed by atoms with E-state index < -0.39 is 5.91 Å². The van der Waals surface area contributed by atoms with Gasteiger partial charge in [-0.3, -0.25) is 4.79 Å². The van der Waals surface area contributed by atoms with Crippen molar-refractivity contribution in [1.82, 2.24) is 5.43 Å². The zero-order valence-electron chi connectivity index (χ0n) is 16.4. The van der Waals surface area contributed by atoms with Gasteiger partial charge in [-0.1, -0.05) is 42.5 Å². The smallest absolute Gasteiger partial charge is 0.254 e. The van der Waals surface area contributed by atoms with E-state index in [1.165, 1.54) is 11.6 Å². The maximum absolute atomic E-state index is 11.3. The molecule has 3 aromatic carbocycles. The van der Waals surface area contributed by atoms with Crippen molar-refractivity contribution in [1.29, 1.82) is 5.26 Å². The monoisotopic (exact) mass is 513 g/mol. The number of ether oxygens (including phenoxy) is 2. The van der Waals surface area contributed by atoms with Gasteiger partial charge in [0.1, 0.15) is 13.0 Å². The summed E-state index contributed by atoms with van der Waals surface area (Å²) in [5, 5.41) is 14.7. The normalized spacial score (nSPS) is 10.7. The predicted octanol–water partition coefficient (Wildman–Crippen LogP) is 4.79. The topological polar surface area (TPSA) is 83.7 Å². The SMILES string of the molecule is CCOc1cc(/C=N/NC(=O)CC#N)cc(I)c1OCc1cccc2ccccc12. The molecule has 0 atom stereocenters. The van der Waals surface area contributed by atoms with Crippen LogP contribution >= 0.6 is 22.6 Å². The van der Waals surface area contributed by atoms with Crippen LogP contribution in [0.1, 0.15) is 24.5 Å². The molecule has 1 amide bonds. The maximum atomic E-state index is 11.3. The molecule has 0 heterocycles. The van der Waals surface area contributed by atoms with Crippen LogP contribution in [-0.2, 0) is 11.4 Å². The van der Waals surface area contributed by atoms with Crippen molar-refractivity contribution in [3.05, 3.63) is 69.3 Å². The Morgan fingerprint density at radius 1 is 1.20 bits per heavy atom. The highest BCUT2D eigenvalue weighted by Gasteiger charge is 2.13. The zero-order valence-corrected chi connectivity index (χ0v) is 18.5. The number of carbonyl (C=O) groups is 1. The lowest BCUT2D eigenvalue weighted by atomic mass is 10.1. The maximum Gasteiger partial charge on any atom is 0.254 e. The van der Waals surface area contributed by atoms with Crippen molar-refractivity contribution in [3.63, 3.8) is 0 Å². The summed E-state index contributed by atoms with van der Waals surface area (Å²) < 4.78 is 12.8. The summed E-state index contributed by atoms with van der Waals surface area (Å²) in [6, 6.07) is 19.8. The minimum Gasteiger partial charge on any atom is -0.490 e. The molecule has 0 aliphatic rings. The molecule has 6 nitrogen and oxygen atoms in total. The van der Waals surface area contributed by atoms with Gasteiger partial charge >= 0.3 is 0 Å². The summed E-state index contributed by atoms with van der Waals surface area (Å²) in [5.41, 5.74) is 4.16. The fourth-order valence-electron chi connectivity index (χ4n) is 2.92. The third-order valence-electron chi connectivity index (χ3n) is 4.23. The fourth-order valence-corrected chi connectivity index (χ4v) is 3.70. The van der Waals surface area contributed by atoms with Gasteiger partial charge in [0.25, 0.3) is 5.91 Å². The molecular weight excluding hydrogens is 493 g/mol. The molecule has 0 saturated heterocycles. The molecule has 0 radical (unpaired) electrons. The first-order chi connectivity index (χ1) is 14.6. The molecular formula is C23H20IN3O3. The number of carbonyl (C=O) groups excluding carboxylic acids is 1. The van der Waals surface area contributed by atoms with E-state index in [-0.39, 0.29) is 6.42 Å². The summed E-state index contributed by atoms with van der Waals surface area (Å²) >= 11 is 2.19. The van der Waals surface area contributed by atoms with E-state index >= 15 is 0 Å². The van der Waals surface area contributed by atoms with E-state index in [2.05, 4.69) is 57.4 Å². The highest BCUT2D eigenvalue weighted by atomic mass is 127. The van der Waals surface area contributed by atoms with Crippen LogP contribution in [0.2, 0.25) is 0 Å². The molecule has 30 heavy (non-hydrogen) atoms. The summed E-state index contributed by atoms with van der Waals surface area (Å²) in [4.78, 5) is 11.3. The fraction of sp³-hybridized carbons (Fsp3) is 0.174. The number of rotatable bonds is 8. The van der Waals surface area contributed by atoms with Crippen LogP contribution in [0.4, 0.5) is 0 Å². The summed E-state index contributed by atoms with van der Waals surface area (Å²) in [7, 11) is 0. The second-order valence-electron chi connectivity index (χ2n) is 6.32. The largest absolute Gasteiger partial charge is 0.490 e. The highest BCUT2D eigenvalue weighted by molar-refractivity contribution is 14.1. The van der Waals surface area contributed by atoms with Crippen molar-refractivity contribution in [2.24, 2.45) is 5.10 Å². The van der Waals surface area contributed by atoms with Gasteiger partial charge in [-0.25, -0.2) is 5.43 Å². The second-order valence-corrected chi connectivity index (χ2v) is 7.48. The van der Waals surface area contributed by atoms with Gasteiger partial charge in [0.2, 0.25) is 0 Å². The van der Waals surface area contributed by atoms with Crippen molar-refractivity contribution in [2.75, 3.05) is 6.61 Å². The van der Waals surface area contributed by atoms with E-state index in [9.17, 15) is 4.79 Å². The van der Waals surface area contributed by atoms with Crippen LogP contribution < -0.4 is 14.9 Å². The van der Waals surface area contributed by atoms with Crippen LogP contribution in [0.25, 0.3) is 10.8 Å². The number of benzene rings is 3. The van der Waals surface area contributed by atoms with Crippen LogP contribution in [0, 0.1) is 14.9 Å². The second kappa shape index (κ2) is 10.6. The van der Waals surface area contributed by atoms with Crippen LogP contribution in [0.3, 0.4) is 0 Å². The molecule has 0 aliphatic carbocycles. The number of fused-ring (bicyclic) bond motifs is 1. The van der Waals surface area contributed by atoms with Gasteiger partial charge in [-0.15, -0.1) is 0 Å². The number of amides is 1. The van der Waals surface area contributed by atoms with Crippen molar-refractivity contribution >= 4 is 45.5 Å². The molecule has 3 rings (SSSR count). The first-order valence-electron chi connectivity index (χ1n) is 9.37. The lowest BCUT2D eigenvalue weighted by molar-refractivity contribution is -0.120. The molecule has 0 spiro atoms. The Kier molecular flexibility index (Phi) is 7.63. The minimum atomic E-state index is -0.455. The Morgan fingerprint density at radius 2 is 2.00 bits per heavy atom. The van der Waals surface area contributed by atoms with Gasteiger partial charge in [0.05, 0.1) is 22.5 Å². The first kappa shape index (κ1) is 21.6. The Morgan fingerprint density at radius 3 is 2.80 bits per heavy atom. The molecule has 0 fully saturated rings. The predicted molar refractivity (Wildman–Crippen MR) is 125 cm³/mol. The number of nitriles is 1. The molecule has 0 aliphatic heterocycles. The van der Waals surface area contributed by atoms with E-state index in [4.69, 9.17) is 14.7 Å². The summed E-state index contributed by atoms with van der Waals surface area (Å²) in [5.74, 6) is 0.814. The number of halogens is 1. The molecule has 0 saturated carbocycles.